The Kier molecular flexibility index (Phi) is 3.49. The predicted octanol–water partition coefficient (Wildman–Crippen LogP) is 1.38. The molecule has 92 valence electrons. The lowest BCUT2D eigenvalue weighted by atomic mass is 9.93. The molecule has 1 aliphatic rings. The molecule has 1 aromatic carbocycles. The average Bonchev–Trinajstić information content (AvgIpc) is 2.80. The second kappa shape index (κ2) is 4.89. The molecule has 1 aromatic rings. The van der Waals surface area contributed by atoms with Gasteiger partial charge in [0.15, 0.2) is 17.4 Å². The van der Waals surface area contributed by atoms with E-state index in [0.717, 1.165) is 12.1 Å². The van der Waals surface area contributed by atoms with E-state index in [1.54, 1.807) is 7.05 Å². The monoisotopic (exact) mass is 241 g/mol. The zero-order chi connectivity index (χ0) is 12.4. The van der Waals surface area contributed by atoms with E-state index in [2.05, 4.69) is 5.32 Å². The Labute approximate surface area is 97.8 Å². The number of nitrogens with one attached hydrogen (secondary N) is 1. The molecule has 1 N–H and O–H groups in total. The van der Waals surface area contributed by atoms with Crippen molar-refractivity contribution in [1.29, 1.82) is 0 Å². The van der Waals surface area contributed by atoms with E-state index in [1.807, 2.05) is 0 Å². The van der Waals surface area contributed by atoms with Crippen LogP contribution in [0, 0.1) is 17.6 Å². The van der Waals surface area contributed by atoms with Gasteiger partial charge in [-0.05, 0) is 25.2 Å². The van der Waals surface area contributed by atoms with Crippen molar-refractivity contribution in [2.75, 3.05) is 20.3 Å². The molecule has 0 aliphatic carbocycles. The number of hydrogen-bond acceptors (Lipinski definition) is 3. The maximum Gasteiger partial charge on any atom is 0.170 e. The molecule has 0 bridgehead atoms. The Bertz CT molecular complexity index is 437. The SMILES string of the molecule is CNC1COCC1C(=O)c1ccc(F)c(F)c1. The van der Waals surface area contributed by atoms with Gasteiger partial charge in [0.1, 0.15) is 0 Å². The second-order valence-corrected chi connectivity index (χ2v) is 4.03. The van der Waals surface area contributed by atoms with Gasteiger partial charge < -0.3 is 10.1 Å². The van der Waals surface area contributed by atoms with Crippen LogP contribution in [0.15, 0.2) is 18.2 Å². The minimum absolute atomic E-state index is 0.0735. The lowest BCUT2D eigenvalue weighted by Crippen LogP contribution is -2.37. The van der Waals surface area contributed by atoms with E-state index in [-0.39, 0.29) is 23.3 Å². The second-order valence-electron chi connectivity index (χ2n) is 4.03. The molecule has 2 unspecified atom stereocenters. The maximum atomic E-state index is 13.0. The third-order valence-electron chi connectivity index (χ3n) is 2.99. The number of rotatable bonds is 3. The summed E-state index contributed by atoms with van der Waals surface area (Å²) in [7, 11) is 1.74. The summed E-state index contributed by atoms with van der Waals surface area (Å²) in [6.45, 7) is 0.764. The van der Waals surface area contributed by atoms with Crippen molar-refractivity contribution in [1.82, 2.24) is 5.32 Å². The highest BCUT2D eigenvalue weighted by atomic mass is 19.2. The number of hydrogen-bond donors (Lipinski definition) is 1. The fourth-order valence-corrected chi connectivity index (χ4v) is 1.96. The van der Waals surface area contributed by atoms with Gasteiger partial charge in [-0.15, -0.1) is 0 Å². The summed E-state index contributed by atoms with van der Waals surface area (Å²) >= 11 is 0. The van der Waals surface area contributed by atoms with Crippen LogP contribution in [-0.4, -0.2) is 32.1 Å². The standard InChI is InChI=1S/C12H13F2NO2/c1-15-11-6-17-5-8(11)12(16)7-2-3-9(13)10(14)4-7/h2-4,8,11,15H,5-6H2,1H3. The molecule has 0 radical (unpaired) electrons. The Morgan fingerprint density at radius 2 is 2.12 bits per heavy atom. The normalized spacial score (nSPS) is 23.9. The van der Waals surface area contributed by atoms with Gasteiger partial charge in [0.2, 0.25) is 0 Å². The van der Waals surface area contributed by atoms with Gasteiger partial charge in [-0.1, -0.05) is 0 Å². The first-order valence-electron chi connectivity index (χ1n) is 5.37. The van der Waals surface area contributed by atoms with Gasteiger partial charge in [0.25, 0.3) is 0 Å². The molecule has 0 saturated carbocycles. The molecule has 5 heteroatoms. The van der Waals surface area contributed by atoms with Crippen LogP contribution in [0.4, 0.5) is 8.78 Å². The van der Waals surface area contributed by atoms with Crippen molar-refractivity contribution in [3.05, 3.63) is 35.4 Å². The summed E-state index contributed by atoms with van der Waals surface area (Å²) in [6, 6.07) is 3.12. The Balaban J connectivity index is 2.21. The van der Waals surface area contributed by atoms with Crippen LogP contribution in [-0.2, 0) is 4.74 Å². The first-order chi connectivity index (χ1) is 8.13. The molecule has 2 atom stereocenters. The lowest BCUT2D eigenvalue weighted by Gasteiger charge is -2.15. The van der Waals surface area contributed by atoms with Crippen LogP contribution >= 0.6 is 0 Å². The zero-order valence-electron chi connectivity index (χ0n) is 9.37. The van der Waals surface area contributed by atoms with E-state index in [4.69, 9.17) is 4.74 Å². The maximum absolute atomic E-state index is 13.0. The van der Waals surface area contributed by atoms with Crippen molar-refractivity contribution < 1.29 is 18.3 Å². The van der Waals surface area contributed by atoms with E-state index in [9.17, 15) is 13.6 Å². The molecule has 3 nitrogen and oxygen atoms in total. The number of carbonyl (C=O) groups is 1. The van der Waals surface area contributed by atoms with Gasteiger partial charge in [-0.3, -0.25) is 4.79 Å². The highest BCUT2D eigenvalue weighted by molar-refractivity contribution is 5.98. The molecule has 0 amide bonds. The number of benzene rings is 1. The summed E-state index contributed by atoms with van der Waals surface area (Å²) in [4.78, 5) is 12.1. The minimum atomic E-state index is -1.00. The molecule has 1 saturated heterocycles. The summed E-state index contributed by atoms with van der Waals surface area (Å²) in [5.41, 5.74) is 0.180. The Morgan fingerprint density at radius 1 is 1.35 bits per heavy atom. The third-order valence-corrected chi connectivity index (χ3v) is 2.99. The van der Waals surface area contributed by atoms with Crippen LogP contribution < -0.4 is 5.32 Å². The topological polar surface area (TPSA) is 38.3 Å². The molecular formula is C12H13F2NO2. The summed E-state index contributed by atoms with van der Waals surface area (Å²) in [6.07, 6.45) is 0. The van der Waals surface area contributed by atoms with Crippen molar-refractivity contribution in [3.63, 3.8) is 0 Å². The Hall–Kier alpha value is -1.33. The zero-order valence-corrected chi connectivity index (χ0v) is 9.37. The number of likely N-dealkylation sites (N-methyl/N-ethyl adjacent to an activating group) is 1. The fourth-order valence-electron chi connectivity index (χ4n) is 1.96. The number of ketones is 1. The highest BCUT2D eigenvalue weighted by Crippen LogP contribution is 2.20. The van der Waals surface area contributed by atoms with E-state index >= 15 is 0 Å². The van der Waals surface area contributed by atoms with E-state index < -0.39 is 11.6 Å². The van der Waals surface area contributed by atoms with Crippen molar-refractivity contribution in [2.45, 2.75) is 6.04 Å². The van der Waals surface area contributed by atoms with Gasteiger partial charge in [0.05, 0.1) is 19.1 Å². The van der Waals surface area contributed by atoms with Gasteiger partial charge in [-0.25, -0.2) is 8.78 Å². The average molecular weight is 241 g/mol. The number of carbonyl (C=O) groups excluding carboxylic acids is 1. The third kappa shape index (κ3) is 2.35. The predicted molar refractivity (Wildman–Crippen MR) is 57.8 cm³/mol. The van der Waals surface area contributed by atoms with Crippen LogP contribution in [0.2, 0.25) is 0 Å². The van der Waals surface area contributed by atoms with E-state index in [0.29, 0.717) is 13.2 Å². The number of Topliss-reactive ketones (excluding diaryl/α,β-unsaturated/α-hetero) is 1. The molecular weight excluding hydrogens is 228 g/mol. The molecule has 0 aromatic heterocycles. The van der Waals surface area contributed by atoms with Crippen LogP contribution in [0.5, 0.6) is 0 Å². The smallest absolute Gasteiger partial charge is 0.170 e. The molecule has 2 rings (SSSR count). The minimum Gasteiger partial charge on any atom is -0.379 e. The van der Waals surface area contributed by atoms with Crippen molar-refractivity contribution >= 4 is 5.78 Å². The largest absolute Gasteiger partial charge is 0.379 e. The Morgan fingerprint density at radius 3 is 2.76 bits per heavy atom. The van der Waals surface area contributed by atoms with Crippen molar-refractivity contribution in [2.24, 2.45) is 5.92 Å². The summed E-state index contributed by atoms with van der Waals surface area (Å²) < 4.78 is 31.0. The first-order valence-corrected chi connectivity index (χ1v) is 5.37. The summed E-state index contributed by atoms with van der Waals surface area (Å²) in [5.74, 6) is -2.52. The van der Waals surface area contributed by atoms with Crippen LogP contribution in [0.25, 0.3) is 0 Å². The van der Waals surface area contributed by atoms with Crippen LogP contribution in [0.1, 0.15) is 10.4 Å². The number of ether oxygens (including phenoxy) is 1. The summed E-state index contributed by atoms with van der Waals surface area (Å²) in [5, 5.41) is 2.98. The fraction of sp³-hybridized carbons (Fsp3) is 0.417. The quantitative estimate of drug-likeness (QED) is 0.812. The molecule has 17 heavy (non-hydrogen) atoms. The van der Waals surface area contributed by atoms with Crippen molar-refractivity contribution in [3.8, 4) is 0 Å². The molecule has 1 aliphatic heterocycles. The van der Waals surface area contributed by atoms with Gasteiger partial charge in [-0.2, -0.15) is 0 Å². The number of halogens is 2. The molecule has 0 spiro atoms. The lowest BCUT2D eigenvalue weighted by molar-refractivity contribution is 0.0892. The van der Waals surface area contributed by atoms with Gasteiger partial charge >= 0.3 is 0 Å². The van der Waals surface area contributed by atoms with E-state index in [1.165, 1.54) is 6.07 Å². The van der Waals surface area contributed by atoms with Gasteiger partial charge in [0, 0.05) is 11.6 Å². The first kappa shape index (κ1) is 12.1. The molecule has 1 fully saturated rings. The molecule has 1 heterocycles. The highest BCUT2D eigenvalue weighted by Gasteiger charge is 2.33. The van der Waals surface area contributed by atoms with Crippen LogP contribution in [0.3, 0.4) is 0 Å².